The van der Waals surface area contributed by atoms with Gasteiger partial charge in [0.15, 0.2) is 0 Å². The molecule has 0 saturated carbocycles. The van der Waals surface area contributed by atoms with Crippen molar-refractivity contribution in [3.8, 4) is 0 Å². The van der Waals surface area contributed by atoms with E-state index in [4.69, 9.17) is 11.6 Å². The Morgan fingerprint density at radius 3 is 2.38 bits per heavy atom. The molecule has 1 heterocycles. The lowest BCUT2D eigenvalue weighted by molar-refractivity contribution is 0.589. The molecule has 0 aliphatic carbocycles. The first-order valence-corrected chi connectivity index (χ1v) is 7.88. The summed E-state index contributed by atoms with van der Waals surface area (Å²) in [6.07, 6.45) is 1.01. The predicted octanol–water partition coefficient (Wildman–Crippen LogP) is 5.66. The van der Waals surface area contributed by atoms with E-state index in [0.717, 1.165) is 11.4 Å². The standard InChI is InChI=1S/C19H22ClN/c1-12-9-16(20)10-14-11-17(21-18(12)14)13-5-7-15(8-6-13)19(2,3)4/h5-10,17,21H,11H2,1-4H3. The van der Waals surface area contributed by atoms with Gasteiger partial charge in [-0.05, 0) is 53.1 Å². The molecule has 1 atom stereocenters. The summed E-state index contributed by atoms with van der Waals surface area (Å²) in [4.78, 5) is 0. The molecule has 0 spiro atoms. The maximum absolute atomic E-state index is 6.17. The summed E-state index contributed by atoms with van der Waals surface area (Å²) in [5.74, 6) is 0. The number of halogens is 1. The fourth-order valence-electron chi connectivity index (χ4n) is 3.04. The quantitative estimate of drug-likeness (QED) is 0.717. The van der Waals surface area contributed by atoms with Crippen LogP contribution in [0.25, 0.3) is 0 Å². The van der Waals surface area contributed by atoms with Crippen LogP contribution in [0.2, 0.25) is 5.02 Å². The zero-order chi connectivity index (χ0) is 15.2. The van der Waals surface area contributed by atoms with E-state index in [1.54, 1.807) is 0 Å². The lowest BCUT2D eigenvalue weighted by Crippen LogP contribution is -2.12. The normalized spacial score (nSPS) is 17.5. The van der Waals surface area contributed by atoms with E-state index in [-0.39, 0.29) is 5.41 Å². The summed E-state index contributed by atoms with van der Waals surface area (Å²) in [5, 5.41) is 4.48. The van der Waals surface area contributed by atoms with Gasteiger partial charge in [0.25, 0.3) is 0 Å². The van der Waals surface area contributed by atoms with Crippen molar-refractivity contribution in [2.24, 2.45) is 0 Å². The van der Waals surface area contributed by atoms with Gasteiger partial charge in [0.1, 0.15) is 0 Å². The number of hydrogen-bond acceptors (Lipinski definition) is 1. The number of benzene rings is 2. The fraction of sp³-hybridized carbons (Fsp3) is 0.368. The highest BCUT2D eigenvalue weighted by Gasteiger charge is 2.24. The van der Waals surface area contributed by atoms with Crippen molar-refractivity contribution >= 4 is 17.3 Å². The van der Waals surface area contributed by atoms with Gasteiger partial charge >= 0.3 is 0 Å². The molecule has 0 bridgehead atoms. The Balaban J connectivity index is 1.86. The second-order valence-electron chi connectivity index (χ2n) is 7.03. The number of anilines is 1. The third kappa shape index (κ3) is 2.80. The van der Waals surface area contributed by atoms with Gasteiger partial charge in [-0.25, -0.2) is 0 Å². The molecule has 2 aromatic rings. The van der Waals surface area contributed by atoms with E-state index in [9.17, 15) is 0 Å². The minimum atomic E-state index is 0.203. The summed E-state index contributed by atoms with van der Waals surface area (Å²) >= 11 is 6.17. The molecule has 1 nitrogen and oxygen atoms in total. The smallest absolute Gasteiger partial charge is 0.0555 e. The van der Waals surface area contributed by atoms with Crippen LogP contribution in [0.1, 0.15) is 49.1 Å². The van der Waals surface area contributed by atoms with Gasteiger partial charge in [-0.1, -0.05) is 56.6 Å². The Kier molecular flexibility index (Phi) is 3.49. The second kappa shape index (κ2) is 5.06. The molecule has 1 N–H and O–H groups in total. The van der Waals surface area contributed by atoms with Crippen LogP contribution in [-0.4, -0.2) is 0 Å². The molecule has 0 amide bonds. The Morgan fingerprint density at radius 1 is 1.10 bits per heavy atom. The van der Waals surface area contributed by atoms with E-state index in [2.05, 4.69) is 63.3 Å². The Morgan fingerprint density at radius 2 is 1.76 bits per heavy atom. The van der Waals surface area contributed by atoms with Gasteiger partial charge in [0.2, 0.25) is 0 Å². The van der Waals surface area contributed by atoms with Gasteiger partial charge in [0, 0.05) is 10.7 Å². The Bertz CT molecular complexity index is 665. The van der Waals surface area contributed by atoms with Crippen LogP contribution in [0.5, 0.6) is 0 Å². The van der Waals surface area contributed by atoms with Crippen molar-refractivity contribution in [3.63, 3.8) is 0 Å². The van der Waals surface area contributed by atoms with Gasteiger partial charge in [-0.15, -0.1) is 0 Å². The fourth-order valence-corrected chi connectivity index (χ4v) is 3.34. The molecular formula is C19H22ClN. The van der Waals surface area contributed by atoms with E-state index < -0.39 is 0 Å². The van der Waals surface area contributed by atoms with Crippen molar-refractivity contribution < 1.29 is 0 Å². The number of aryl methyl sites for hydroxylation is 1. The molecule has 0 radical (unpaired) electrons. The summed E-state index contributed by atoms with van der Waals surface area (Å²) < 4.78 is 0. The van der Waals surface area contributed by atoms with Crippen LogP contribution in [0, 0.1) is 6.92 Å². The molecule has 1 aliphatic heterocycles. The lowest BCUT2D eigenvalue weighted by Gasteiger charge is -2.20. The molecule has 1 aliphatic rings. The third-order valence-corrected chi connectivity index (χ3v) is 4.52. The Labute approximate surface area is 132 Å². The average molecular weight is 300 g/mol. The first-order chi connectivity index (χ1) is 9.84. The topological polar surface area (TPSA) is 12.0 Å². The molecule has 0 fully saturated rings. The van der Waals surface area contributed by atoms with Crippen molar-refractivity contribution in [3.05, 3.63) is 63.7 Å². The first-order valence-electron chi connectivity index (χ1n) is 7.50. The van der Waals surface area contributed by atoms with Crippen LogP contribution in [0.3, 0.4) is 0 Å². The summed E-state index contributed by atoms with van der Waals surface area (Å²) in [6, 6.07) is 13.5. The van der Waals surface area contributed by atoms with Crippen molar-refractivity contribution in [2.45, 2.75) is 45.6 Å². The minimum absolute atomic E-state index is 0.203. The molecule has 21 heavy (non-hydrogen) atoms. The van der Waals surface area contributed by atoms with E-state index >= 15 is 0 Å². The molecule has 1 unspecified atom stereocenters. The van der Waals surface area contributed by atoms with Crippen molar-refractivity contribution in [1.82, 2.24) is 0 Å². The zero-order valence-corrected chi connectivity index (χ0v) is 13.9. The van der Waals surface area contributed by atoms with Crippen LogP contribution in [0.4, 0.5) is 5.69 Å². The number of hydrogen-bond donors (Lipinski definition) is 1. The minimum Gasteiger partial charge on any atom is -0.377 e. The highest BCUT2D eigenvalue weighted by molar-refractivity contribution is 6.30. The molecule has 2 heteroatoms. The van der Waals surface area contributed by atoms with Gasteiger partial charge < -0.3 is 5.32 Å². The van der Waals surface area contributed by atoms with Crippen LogP contribution in [0.15, 0.2) is 36.4 Å². The monoisotopic (exact) mass is 299 g/mol. The summed E-state index contributed by atoms with van der Waals surface area (Å²) in [5.41, 5.74) is 6.73. The SMILES string of the molecule is Cc1cc(Cl)cc2c1NC(c1ccc(C(C)(C)C)cc1)C2. The van der Waals surface area contributed by atoms with Gasteiger partial charge in [-0.3, -0.25) is 0 Å². The molecule has 2 aromatic carbocycles. The van der Waals surface area contributed by atoms with Crippen molar-refractivity contribution in [2.75, 3.05) is 5.32 Å². The largest absolute Gasteiger partial charge is 0.377 e. The number of fused-ring (bicyclic) bond motifs is 1. The highest BCUT2D eigenvalue weighted by atomic mass is 35.5. The van der Waals surface area contributed by atoms with Crippen LogP contribution in [-0.2, 0) is 11.8 Å². The molecular weight excluding hydrogens is 278 g/mol. The maximum Gasteiger partial charge on any atom is 0.0555 e. The van der Waals surface area contributed by atoms with Crippen LogP contribution < -0.4 is 5.32 Å². The van der Waals surface area contributed by atoms with Crippen LogP contribution >= 0.6 is 11.6 Å². The van der Waals surface area contributed by atoms with E-state index in [1.165, 1.54) is 27.9 Å². The molecule has 110 valence electrons. The average Bonchev–Trinajstić information content (AvgIpc) is 2.82. The molecule has 0 aromatic heterocycles. The zero-order valence-electron chi connectivity index (χ0n) is 13.1. The maximum atomic E-state index is 6.17. The van der Waals surface area contributed by atoms with Crippen molar-refractivity contribution in [1.29, 1.82) is 0 Å². The third-order valence-electron chi connectivity index (χ3n) is 4.30. The number of nitrogens with one attached hydrogen (secondary N) is 1. The Hall–Kier alpha value is -1.47. The lowest BCUT2D eigenvalue weighted by atomic mass is 9.86. The van der Waals surface area contributed by atoms with E-state index in [1.807, 2.05) is 6.07 Å². The second-order valence-corrected chi connectivity index (χ2v) is 7.47. The summed E-state index contributed by atoms with van der Waals surface area (Å²) in [7, 11) is 0. The van der Waals surface area contributed by atoms with E-state index in [0.29, 0.717) is 6.04 Å². The molecule has 3 rings (SSSR count). The summed E-state index contributed by atoms with van der Waals surface area (Å²) in [6.45, 7) is 8.86. The first kappa shape index (κ1) is 14.5. The molecule has 0 saturated heterocycles. The number of rotatable bonds is 1. The van der Waals surface area contributed by atoms with Gasteiger partial charge in [-0.2, -0.15) is 0 Å². The highest BCUT2D eigenvalue weighted by Crippen LogP contribution is 2.38. The van der Waals surface area contributed by atoms with Gasteiger partial charge in [0.05, 0.1) is 6.04 Å². The predicted molar refractivity (Wildman–Crippen MR) is 91.4 cm³/mol.